The van der Waals surface area contributed by atoms with E-state index >= 15 is 4.39 Å². The lowest BCUT2D eigenvalue weighted by Crippen LogP contribution is -2.66. The van der Waals surface area contributed by atoms with Crippen LogP contribution in [0.4, 0.5) is 10.1 Å². The molecular weight excluding hydrogens is 895 g/mol. The normalized spacial score (nSPS) is 36.4. The maximum Gasteiger partial charge on any atom is 0.341 e. The minimum Gasteiger partial charge on any atom is -0.492 e. The number of ether oxygens (including phenoxy) is 5. The summed E-state index contributed by atoms with van der Waals surface area (Å²) >= 11 is 0. The monoisotopic (exact) mass is 956 g/mol. The third kappa shape index (κ3) is 10.1. The Labute approximate surface area is 381 Å². The van der Waals surface area contributed by atoms with Gasteiger partial charge in [-0.15, -0.1) is 0 Å². The van der Waals surface area contributed by atoms with Crippen molar-refractivity contribution in [1.29, 1.82) is 0 Å². The van der Waals surface area contributed by atoms with Crippen molar-refractivity contribution >= 4 is 40.8 Å². The van der Waals surface area contributed by atoms with E-state index in [0.29, 0.717) is 30.0 Å². The summed E-state index contributed by atoms with van der Waals surface area (Å²) in [6.07, 6.45) is -14.2. The lowest BCUT2D eigenvalue weighted by molar-refractivity contribution is -0.314. The largest absolute Gasteiger partial charge is 0.492 e. The number of hydrogen-bond acceptors (Lipinski definition) is 20. The van der Waals surface area contributed by atoms with Crippen molar-refractivity contribution < 1.29 is 78.5 Å². The highest BCUT2D eigenvalue weighted by Crippen LogP contribution is 2.44. The van der Waals surface area contributed by atoms with E-state index in [2.05, 4.69) is 20.6 Å². The molecule has 1 aromatic carbocycles. The van der Waals surface area contributed by atoms with Gasteiger partial charge in [-0.25, -0.2) is 19.2 Å². The molecule has 3 aliphatic heterocycles. The number of aliphatic imine (C=N–C) groups is 2. The van der Waals surface area contributed by atoms with E-state index in [-0.39, 0.29) is 29.3 Å². The fourth-order valence-corrected chi connectivity index (χ4v) is 8.94. The van der Waals surface area contributed by atoms with Crippen LogP contribution in [0, 0.1) is 5.82 Å². The smallest absolute Gasteiger partial charge is 0.341 e. The Kier molecular flexibility index (Phi) is 16.0. The molecule has 2 aromatic rings. The highest BCUT2D eigenvalue weighted by atomic mass is 19.1. The molecule has 0 spiro atoms. The highest BCUT2D eigenvalue weighted by molar-refractivity contribution is 5.97. The lowest BCUT2D eigenvalue weighted by Gasteiger charge is -2.45. The number of carbonyl (C=O) groups is 2. The average Bonchev–Trinajstić information content (AvgIpc) is 4.10. The van der Waals surface area contributed by atoms with Gasteiger partial charge in [-0.3, -0.25) is 9.59 Å². The summed E-state index contributed by atoms with van der Waals surface area (Å²) in [5.74, 6) is -2.63. The zero-order chi connectivity index (χ0) is 49.4. The van der Waals surface area contributed by atoms with Gasteiger partial charge in [0.15, 0.2) is 48.0 Å². The third-order valence-corrected chi connectivity index (χ3v) is 12.6. The number of carbonyl (C=O) groups excluding carboxylic acids is 1. The van der Waals surface area contributed by atoms with Gasteiger partial charge in [-0.2, -0.15) is 0 Å². The number of benzene rings is 1. The molecule has 1 aromatic heterocycles. The second-order valence-corrected chi connectivity index (χ2v) is 17.1. The predicted molar refractivity (Wildman–Crippen MR) is 233 cm³/mol. The van der Waals surface area contributed by atoms with Crippen LogP contribution in [0.15, 0.2) is 27.0 Å². The molecule has 27 heteroatoms. The number of likely N-dealkylation sites (N-methyl/N-ethyl adjacent to an activating group) is 1. The standard InChI is InChI=1S/C21H39N7O12.C19H22FN3O4/c1-5-21(36,4-30)16(40-17-9(26-2)13(34)10(31)6(3-29)38-17)18(37-5)39-15-8(28-20(24)25)11(32)7(27-19(22)23)12(33)14(15)35;1-10-8-22(6-5-21-10)16-14(20)7-12-15(18(16)27-2)23(11-3-4-11)9-13(17(12)24)19(25)26/h4-18,26,29,31-36H,3H2,1-2H3,(H4,22,23,27)(H4,24,25,28);7,9-11,21H,3-6,8H2,1-2H3,(H,25,26)/t5-,6-,7+,8-,9-,10-,11+,12-,13-,14+,15+,16-,17-,18-,21+;/m0./s1. The molecule has 16 atom stereocenters. The number of aliphatic hydroxyl groups is 7. The number of halogens is 1. The van der Waals surface area contributed by atoms with Crippen molar-refractivity contribution in [3.8, 4) is 5.75 Å². The molecule has 4 heterocycles. The summed E-state index contributed by atoms with van der Waals surface area (Å²) in [6, 6.07) is -2.63. The first-order chi connectivity index (χ1) is 31.6. The SMILES string of the molecule is CN[C@@H]1[C@H](O[C@H]2[C@H](O[C@H]3[C@H](O)[C@@H](O)[C@H](N=C(N)N)[C@@H](O)[C@@H]3N=C(N)N)O[C@@H](C)[C@]2(O)C=O)O[C@@H](CO)[C@H](O)[C@H]1O.COc1c(N2CCNC(C)C2)c(F)cc2c(=O)c(C(=O)O)cn(C3CC3)c12. The van der Waals surface area contributed by atoms with E-state index in [1.807, 2.05) is 11.8 Å². The molecule has 1 unspecified atom stereocenters. The van der Waals surface area contributed by atoms with Gasteiger partial charge in [0.05, 0.1) is 36.8 Å². The minimum absolute atomic E-state index is 0.0445. The van der Waals surface area contributed by atoms with Crippen LogP contribution in [0.1, 0.15) is 43.1 Å². The van der Waals surface area contributed by atoms with E-state index < -0.39 is 127 Å². The molecule has 26 nitrogen and oxygen atoms in total. The quantitative estimate of drug-likeness (QED) is 0.0504. The van der Waals surface area contributed by atoms with Crippen molar-refractivity contribution in [2.24, 2.45) is 32.9 Å². The number of carboxylic acid groups (broad SMARTS) is 1. The summed E-state index contributed by atoms with van der Waals surface area (Å²) in [6.45, 7) is 4.59. The van der Waals surface area contributed by atoms with Crippen LogP contribution in [0.5, 0.6) is 5.75 Å². The molecule has 0 amide bonds. The number of rotatable bonds is 13. The van der Waals surface area contributed by atoms with Gasteiger partial charge >= 0.3 is 5.97 Å². The van der Waals surface area contributed by atoms with E-state index in [0.717, 1.165) is 25.5 Å². The topological polar surface area (TPSA) is 420 Å². The Morgan fingerprint density at radius 1 is 1.00 bits per heavy atom. The van der Waals surface area contributed by atoms with Gasteiger partial charge in [0.2, 0.25) is 5.43 Å². The maximum absolute atomic E-state index is 15.1. The molecule has 3 saturated heterocycles. The summed E-state index contributed by atoms with van der Waals surface area (Å²) in [4.78, 5) is 45.8. The summed E-state index contributed by atoms with van der Waals surface area (Å²) in [5, 5.41) is 89.4. The second-order valence-electron chi connectivity index (χ2n) is 17.1. The summed E-state index contributed by atoms with van der Waals surface area (Å²) < 4.78 is 45.4. The van der Waals surface area contributed by atoms with Gasteiger partial charge in [-0.05, 0) is 39.8 Å². The molecule has 5 fully saturated rings. The molecule has 2 saturated carbocycles. The Balaban J connectivity index is 0.000000237. The fraction of sp³-hybridized carbons (Fsp3) is 0.675. The Morgan fingerprint density at radius 3 is 2.21 bits per heavy atom. The number of aromatic carboxylic acids is 1. The first kappa shape index (κ1) is 51.5. The lowest BCUT2D eigenvalue weighted by atomic mass is 9.81. The van der Waals surface area contributed by atoms with Gasteiger partial charge < -0.3 is 108 Å². The van der Waals surface area contributed by atoms with Crippen LogP contribution < -0.4 is 48.6 Å². The van der Waals surface area contributed by atoms with Gasteiger partial charge in [-0.1, -0.05) is 0 Å². The van der Waals surface area contributed by atoms with Crippen molar-refractivity contribution in [2.75, 3.05) is 45.3 Å². The number of anilines is 1. The number of nitrogens with two attached hydrogens (primary N) is 4. The van der Waals surface area contributed by atoms with Crippen LogP contribution in [0.3, 0.4) is 0 Å². The Bertz CT molecular complexity index is 2230. The number of nitrogens with zero attached hydrogens (tertiary/aromatic N) is 4. The van der Waals surface area contributed by atoms with E-state index in [9.17, 15) is 55.2 Å². The number of pyridine rings is 1. The number of piperazine rings is 1. The number of carboxylic acids is 1. The van der Waals surface area contributed by atoms with Gasteiger partial charge in [0.25, 0.3) is 0 Å². The highest BCUT2D eigenvalue weighted by Gasteiger charge is 2.61. The predicted octanol–water partition coefficient (Wildman–Crippen LogP) is -6.18. The first-order valence-corrected chi connectivity index (χ1v) is 21.5. The Morgan fingerprint density at radius 2 is 1.66 bits per heavy atom. The van der Waals surface area contributed by atoms with Crippen molar-refractivity contribution in [2.45, 2.75) is 130 Å². The number of hydrogen-bond donors (Lipinski definition) is 14. The van der Waals surface area contributed by atoms with Crippen molar-refractivity contribution in [1.82, 2.24) is 15.2 Å². The number of aldehydes is 1. The van der Waals surface area contributed by atoms with Crippen molar-refractivity contribution in [3.63, 3.8) is 0 Å². The molecule has 7 rings (SSSR count). The number of methoxy groups -OCH3 is 1. The number of aromatic nitrogens is 1. The van der Waals surface area contributed by atoms with Crippen LogP contribution in [0.2, 0.25) is 0 Å². The number of fused-ring (bicyclic) bond motifs is 1. The molecule has 2 aliphatic carbocycles. The molecule has 18 N–H and O–H groups in total. The molecular formula is C40H61FN10O16. The fourth-order valence-electron chi connectivity index (χ4n) is 8.94. The maximum atomic E-state index is 15.1. The zero-order valence-electron chi connectivity index (χ0n) is 37.0. The minimum atomic E-state index is -2.38. The van der Waals surface area contributed by atoms with Crippen LogP contribution in [-0.2, 0) is 23.7 Å². The Hall–Kier alpha value is -4.88. The molecule has 67 heavy (non-hydrogen) atoms. The summed E-state index contributed by atoms with van der Waals surface area (Å²) in [5.41, 5.74) is 19.1. The molecule has 374 valence electrons. The van der Waals surface area contributed by atoms with Gasteiger partial charge in [0.1, 0.15) is 72.2 Å². The third-order valence-electron chi connectivity index (χ3n) is 12.6. The number of guanidine groups is 2. The van der Waals surface area contributed by atoms with Crippen molar-refractivity contribution in [3.05, 3.63) is 33.9 Å². The van der Waals surface area contributed by atoms with Crippen LogP contribution in [-0.4, -0.2) is 207 Å². The average molecular weight is 957 g/mol. The van der Waals surface area contributed by atoms with E-state index in [1.54, 1.807) is 4.57 Å². The zero-order valence-corrected chi connectivity index (χ0v) is 37.0. The number of nitrogens with one attached hydrogen (secondary N) is 2. The van der Waals surface area contributed by atoms with E-state index in [1.165, 1.54) is 27.3 Å². The van der Waals surface area contributed by atoms with Crippen LogP contribution in [0.25, 0.3) is 10.9 Å². The molecule has 0 radical (unpaired) electrons. The van der Waals surface area contributed by atoms with Crippen LogP contribution >= 0.6 is 0 Å². The first-order valence-electron chi connectivity index (χ1n) is 21.5. The van der Waals surface area contributed by atoms with E-state index in [4.69, 9.17) is 46.6 Å². The number of aliphatic hydroxyl groups excluding tert-OH is 6. The summed E-state index contributed by atoms with van der Waals surface area (Å²) in [7, 11) is 2.87. The molecule has 0 bridgehead atoms. The second kappa shape index (κ2) is 20.8. The van der Waals surface area contributed by atoms with Gasteiger partial charge in [0, 0.05) is 37.9 Å². The molecule has 5 aliphatic rings.